The van der Waals surface area contributed by atoms with Gasteiger partial charge < -0.3 is 30.0 Å². The molecule has 4 aliphatic heterocycles. The third kappa shape index (κ3) is 8.50. The molecule has 2 saturated heterocycles. The highest BCUT2D eigenvalue weighted by atomic mass is 16.3. The summed E-state index contributed by atoms with van der Waals surface area (Å²) in [5, 5.41) is 26.8. The van der Waals surface area contributed by atoms with E-state index < -0.39 is 0 Å². The maximum atomic E-state index is 13.2. The Bertz CT molecular complexity index is 1850. The largest absolute Gasteiger partial charge is 0.396 e. The van der Waals surface area contributed by atoms with Crippen LogP contribution >= 0.6 is 0 Å². The van der Waals surface area contributed by atoms with Crippen LogP contribution in [0.3, 0.4) is 0 Å². The Kier molecular flexibility index (Phi) is 14.7. The van der Waals surface area contributed by atoms with Gasteiger partial charge in [0.15, 0.2) is 0 Å². The number of allylic oxidation sites excluding steroid dienone is 2. The number of fused-ring (bicyclic) bond motifs is 6. The predicted octanol–water partition coefficient (Wildman–Crippen LogP) is 5.12. The van der Waals surface area contributed by atoms with E-state index in [1.54, 1.807) is 0 Å². The van der Waals surface area contributed by atoms with Crippen LogP contribution in [-0.4, -0.2) is 92.4 Å². The normalized spacial score (nSPS) is 28.9. The van der Waals surface area contributed by atoms with Crippen LogP contribution in [0.25, 0.3) is 12.2 Å². The molecule has 2 aromatic rings. The molecular formula is C48H70N6O6. The summed E-state index contributed by atoms with van der Waals surface area (Å²) in [6.07, 6.45) is 19.1. The predicted molar refractivity (Wildman–Crippen MR) is 236 cm³/mol. The molecule has 12 heteroatoms. The summed E-state index contributed by atoms with van der Waals surface area (Å²) in [5.41, 5.74) is 3.46. The van der Waals surface area contributed by atoms with E-state index in [9.17, 15) is 29.4 Å². The number of nitrogens with zero attached hydrogens (tertiary/aromatic N) is 4. The first kappa shape index (κ1) is 44.2. The number of carbonyl (C=O) groups is 2. The van der Waals surface area contributed by atoms with Crippen molar-refractivity contribution in [2.75, 3.05) is 39.4 Å². The molecule has 2 saturated carbocycles. The lowest BCUT2D eigenvalue weighted by atomic mass is 9.88. The molecule has 4 N–H and O–H groups in total. The van der Waals surface area contributed by atoms with Gasteiger partial charge in [0.05, 0.1) is 24.2 Å². The van der Waals surface area contributed by atoms with Gasteiger partial charge in [-0.05, 0) is 88.5 Å². The summed E-state index contributed by atoms with van der Waals surface area (Å²) in [4.78, 5) is 57.1. The third-order valence-corrected chi connectivity index (χ3v) is 14.7. The van der Waals surface area contributed by atoms with Crippen molar-refractivity contribution in [1.29, 1.82) is 0 Å². The van der Waals surface area contributed by atoms with E-state index in [2.05, 4.69) is 46.4 Å². The van der Waals surface area contributed by atoms with Crippen LogP contribution in [0.2, 0.25) is 0 Å². The second-order valence-electron chi connectivity index (χ2n) is 18.3. The highest BCUT2D eigenvalue weighted by molar-refractivity contribution is 5.83. The van der Waals surface area contributed by atoms with Crippen LogP contribution < -0.4 is 21.8 Å². The lowest BCUT2D eigenvalue weighted by Crippen LogP contribution is -2.49. The SMILES string of the molecule is C/C=C/c1ccc2n(c1=O)C[C@@H]1[C@@H](CO)[C@H](C(=O)NCCC)N(CC3CCCC3)[C@H]21.C/C=C\c1ccc2n(c1=O)C[C@@H]1[C@@H](CO)[C@H](C(=O)NCCC)N(CC3CCCC3)[C@H]21. The minimum atomic E-state index is -0.323. The quantitative estimate of drug-likeness (QED) is 0.205. The number of aliphatic hydroxyl groups is 2. The summed E-state index contributed by atoms with van der Waals surface area (Å²) < 4.78 is 3.77. The molecule has 6 aliphatic rings. The van der Waals surface area contributed by atoms with Crippen LogP contribution in [0.4, 0.5) is 0 Å². The average Bonchev–Trinajstić information content (AvgIpc) is 4.11. The summed E-state index contributed by atoms with van der Waals surface area (Å²) in [6.45, 7) is 12.1. The number of hydrogen-bond donors (Lipinski definition) is 4. The molecule has 2 amide bonds. The van der Waals surface area contributed by atoms with Gasteiger partial charge in [-0.25, -0.2) is 0 Å². The number of nitrogens with one attached hydrogen (secondary N) is 2. The molecule has 2 aliphatic carbocycles. The van der Waals surface area contributed by atoms with Gasteiger partial charge in [-0.3, -0.25) is 29.0 Å². The van der Waals surface area contributed by atoms with Gasteiger partial charge in [-0.2, -0.15) is 0 Å². The van der Waals surface area contributed by atoms with Crippen molar-refractivity contribution < 1.29 is 19.8 Å². The van der Waals surface area contributed by atoms with Gasteiger partial charge >= 0.3 is 0 Å². The fraction of sp³-hybridized carbons (Fsp3) is 0.667. The minimum Gasteiger partial charge on any atom is -0.396 e. The fourth-order valence-corrected chi connectivity index (χ4v) is 12.0. The Labute approximate surface area is 356 Å². The maximum absolute atomic E-state index is 13.2. The molecule has 6 heterocycles. The van der Waals surface area contributed by atoms with Crippen molar-refractivity contribution in [3.05, 3.63) is 79.6 Å². The van der Waals surface area contributed by atoms with E-state index in [1.807, 2.05) is 59.4 Å². The number of aliphatic hydroxyl groups excluding tert-OH is 2. The first-order valence-electron chi connectivity index (χ1n) is 23.2. The summed E-state index contributed by atoms with van der Waals surface area (Å²) >= 11 is 0. The lowest BCUT2D eigenvalue weighted by molar-refractivity contribution is -0.128. The molecule has 0 unspecified atom stereocenters. The second-order valence-corrected chi connectivity index (χ2v) is 18.3. The Morgan fingerprint density at radius 1 is 0.650 bits per heavy atom. The van der Waals surface area contributed by atoms with E-state index in [1.165, 1.54) is 51.4 Å². The first-order valence-corrected chi connectivity index (χ1v) is 23.2. The smallest absolute Gasteiger partial charge is 0.258 e. The zero-order valence-corrected chi connectivity index (χ0v) is 36.4. The Hall–Kier alpha value is -3.84. The lowest BCUT2D eigenvalue weighted by Gasteiger charge is -2.32. The Morgan fingerprint density at radius 3 is 1.37 bits per heavy atom. The molecule has 0 aromatic carbocycles. The van der Waals surface area contributed by atoms with Crippen molar-refractivity contribution in [3.63, 3.8) is 0 Å². The maximum Gasteiger partial charge on any atom is 0.258 e. The van der Waals surface area contributed by atoms with E-state index in [0.717, 1.165) is 37.3 Å². The Balaban J connectivity index is 0.000000181. The standard InChI is InChI=1S/2C24H35N3O3/c2*1-3-7-17-10-11-20-21-18(14-26(20)24(17)30)19(15-28)22(23(29)25-12-4-2)27(21)13-16-8-5-6-9-16/h2*3,7,10-11,16,18-19,21-22,28H,4-6,8-9,12-15H2,1-2H3,(H,25,29)/b7-3+;7-3-/t2*18-,19-,21+,22-/m11/s1. The summed E-state index contributed by atoms with van der Waals surface area (Å²) in [6, 6.07) is 7.33. The van der Waals surface area contributed by atoms with Crippen molar-refractivity contribution in [3.8, 4) is 0 Å². The molecule has 328 valence electrons. The molecule has 0 radical (unpaired) electrons. The Morgan fingerprint density at radius 2 is 1.03 bits per heavy atom. The molecule has 2 aromatic heterocycles. The van der Waals surface area contributed by atoms with Gasteiger partial charge in [0.25, 0.3) is 11.1 Å². The second kappa shape index (κ2) is 19.9. The number of aromatic nitrogens is 2. The number of amides is 2. The molecular weight excluding hydrogens is 757 g/mol. The molecule has 12 nitrogen and oxygen atoms in total. The van der Waals surface area contributed by atoms with Crippen LogP contribution in [0.1, 0.15) is 127 Å². The summed E-state index contributed by atoms with van der Waals surface area (Å²) in [7, 11) is 0. The molecule has 0 spiro atoms. The third-order valence-electron chi connectivity index (χ3n) is 14.7. The number of hydrogen-bond acceptors (Lipinski definition) is 8. The number of rotatable bonds is 14. The highest BCUT2D eigenvalue weighted by Gasteiger charge is 2.57. The van der Waals surface area contributed by atoms with Gasteiger partial charge in [-0.15, -0.1) is 0 Å². The van der Waals surface area contributed by atoms with Crippen LogP contribution in [0.5, 0.6) is 0 Å². The van der Waals surface area contributed by atoms with Gasteiger partial charge in [-0.1, -0.05) is 63.8 Å². The monoisotopic (exact) mass is 827 g/mol. The van der Waals surface area contributed by atoms with E-state index in [-0.39, 0.29) is 84.0 Å². The minimum absolute atomic E-state index is 0.0208. The van der Waals surface area contributed by atoms with E-state index >= 15 is 0 Å². The van der Waals surface area contributed by atoms with Gasteiger partial charge in [0.2, 0.25) is 11.8 Å². The first-order chi connectivity index (χ1) is 29.2. The molecule has 4 fully saturated rings. The number of carbonyl (C=O) groups excluding carboxylic acids is 2. The van der Waals surface area contributed by atoms with Crippen molar-refractivity contribution in [2.24, 2.45) is 35.5 Å². The van der Waals surface area contributed by atoms with Crippen LogP contribution in [0.15, 0.2) is 46.0 Å². The van der Waals surface area contributed by atoms with Crippen LogP contribution in [0, 0.1) is 35.5 Å². The topological polar surface area (TPSA) is 149 Å². The van der Waals surface area contributed by atoms with Gasteiger partial charge in [0.1, 0.15) is 0 Å². The molecule has 8 rings (SSSR count). The molecule has 60 heavy (non-hydrogen) atoms. The summed E-state index contributed by atoms with van der Waals surface area (Å²) in [5.74, 6) is 1.10. The van der Waals surface area contributed by atoms with Crippen LogP contribution in [-0.2, 0) is 22.7 Å². The van der Waals surface area contributed by atoms with Crippen molar-refractivity contribution >= 4 is 24.0 Å². The molecule has 0 bridgehead atoms. The van der Waals surface area contributed by atoms with E-state index in [4.69, 9.17) is 0 Å². The number of likely N-dealkylation sites (tertiary alicyclic amines) is 2. The van der Waals surface area contributed by atoms with Crippen molar-refractivity contribution in [2.45, 2.75) is 129 Å². The van der Waals surface area contributed by atoms with Crippen molar-refractivity contribution in [1.82, 2.24) is 29.6 Å². The fourth-order valence-electron chi connectivity index (χ4n) is 12.0. The average molecular weight is 827 g/mol. The van der Waals surface area contributed by atoms with Gasteiger partial charge in [0, 0.05) is 98.7 Å². The molecule has 8 atom stereocenters. The number of pyridine rings is 2. The van der Waals surface area contributed by atoms with E-state index in [0.29, 0.717) is 49.1 Å². The zero-order chi connectivity index (χ0) is 42.5. The highest BCUT2D eigenvalue weighted by Crippen LogP contribution is 2.51. The zero-order valence-electron chi connectivity index (χ0n) is 36.4.